The fraction of sp³-hybridized carbons (Fsp3) is 1.00. The van der Waals surface area contributed by atoms with Crippen LogP contribution in [0.2, 0.25) is 0 Å². The second kappa shape index (κ2) is 14.0. The first-order valence-electron chi connectivity index (χ1n) is 4.13. The van der Waals surface area contributed by atoms with Crippen LogP contribution in [0.25, 0.3) is 0 Å². The molecule has 0 heterocycles. The molecule has 0 rings (SSSR count). The van der Waals surface area contributed by atoms with E-state index >= 15 is 0 Å². The van der Waals surface area contributed by atoms with Crippen LogP contribution in [0, 0.1) is 0 Å². The van der Waals surface area contributed by atoms with Crippen LogP contribution in [0.5, 0.6) is 0 Å². The number of unbranched alkanes of at least 4 members (excludes halogenated alkanes) is 5. The summed E-state index contributed by atoms with van der Waals surface area (Å²) in [5, 5.41) is 16.9. The summed E-state index contributed by atoms with van der Waals surface area (Å²) >= 11 is 0. The van der Waals surface area contributed by atoms with E-state index in [2.05, 4.69) is 0 Å². The fourth-order valence-corrected chi connectivity index (χ4v) is 0.931. The van der Waals surface area contributed by atoms with Gasteiger partial charge in [-0.05, 0) is 12.8 Å². The third-order valence-electron chi connectivity index (χ3n) is 1.57. The van der Waals surface area contributed by atoms with Gasteiger partial charge >= 0.3 is 45.5 Å². The second-order valence-corrected chi connectivity index (χ2v) is 2.57. The summed E-state index contributed by atoms with van der Waals surface area (Å²) in [6.07, 6.45) is 6.50. The zero-order valence-corrected chi connectivity index (χ0v) is 6.55. The summed E-state index contributed by atoms with van der Waals surface area (Å²) in [5.41, 5.74) is 0. The molecule has 0 spiro atoms. The number of aliphatic hydroxyl groups is 2. The van der Waals surface area contributed by atoms with Crippen molar-refractivity contribution in [3.63, 3.8) is 0 Å². The van der Waals surface area contributed by atoms with E-state index in [0.29, 0.717) is 13.2 Å². The van der Waals surface area contributed by atoms with Gasteiger partial charge in [0.2, 0.25) is 0 Å². The molecular formula is C8H20O2Sr. The molecule has 0 atom stereocenters. The molecule has 66 valence electrons. The van der Waals surface area contributed by atoms with E-state index in [1.54, 1.807) is 0 Å². The first kappa shape index (κ1) is 14.9. The van der Waals surface area contributed by atoms with Gasteiger partial charge in [-0.2, -0.15) is 0 Å². The Hall–Kier alpha value is 1.40. The molecule has 3 heteroatoms. The molecule has 11 heavy (non-hydrogen) atoms. The monoisotopic (exact) mass is 236 g/mol. The van der Waals surface area contributed by atoms with Crippen molar-refractivity contribution in [3.05, 3.63) is 0 Å². The third kappa shape index (κ3) is 14.3. The van der Waals surface area contributed by atoms with Crippen molar-refractivity contribution in [1.82, 2.24) is 0 Å². The van der Waals surface area contributed by atoms with Crippen molar-refractivity contribution in [2.75, 3.05) is 13.2 Å². The summed E-state index contributed by atoms with van der Waals surface area (Å²) in [4.78, 5) is 0. The Morgan fingerprint density at radius 3 is 1.09 bits per heavy atom. The van der Waals surface area contributed by atoms with Gasteiger partial charge in [-0.15, -0.1) is 0 Å². The van der Waals surface area contributed by atoms with E-state index in [1.807, 2.05) is 0 Å². The van der Waals surface area contributed by atoms with Crippen LogP contribution >= 0.6 is 0 Å². The molecule has 0 aliphatic carbocycles. The molecule has 0 aromatic carbocycles. The predicted octanol–water partition coefficient (Wildman–Crippen LogP) is 0.395. The van der Waals surface area contributed by atoms with E-state index in [0.717, 1.165) is 25.7 Å². The first-order valence-corrected chi connectivity index (χ1v) is 4.13. The topological polar surface area (TPSA) is 40.5 Å². The summed E-state index contributed by atoms with van der Waals surface area (Å²) < 4.78 is 0. The van der Waals surface area contributed by atoms with E-state index in [-0.39, 0.29) is 45.5 Å². The van der Waals surface area contributed by atoms with Crippen LogP contribution in [-0.2, 0) is 0 Å². The van der Waals surface area contributed by atoms with Gasteiger partial charge < -0.3 is 10.2 Å². The Labute approximate surface area is 106 Å². The van der Waals surface area contributed by atoms with Crippen LogP contribution in [0.15, 0.2) is 0 Å². The molecule has 0 unspecified atom stereocenters. The molecule has 0 aliphatic rings. The van der Waals surface area contributed by atoms with Crippen LogP contribution < -0.4 is 0 Å². The summed E-state index contributed by atoms with van der Waals surface area (Å²) in [5.74, 6) is 0. The number of hydrogen-bond donors (Lipinski definition) is 2. The molecule has 0 saturated carbocycles. The molecule has 0 saturated heterocycles. The Balaban J connectivity index is 0. The standard InChI is InChI=1S/C8H18O2.Sr.2H/c9-7-5-3-1-2-4-6-8-10;;;/h9-10H,1-8H2;;;. The van der Waals surface area contributed by atoms with Gasteiger partial charge in [0.05, 0.1) is 0 Å². The van der Waals surface area contributed by atoms with Crippen LogP contribution in [-0.4, -0.2) is 68.9 Å². The van der Waals surface area contributed by atoms with Crippen molar-refractivity contribution in [2.45, 2.75) is 38.5 Å². The number of aliphatic hydroxyl groups excluding tert-OH is 2. The molecule has 0 aromatic heterocycles. The molecule has 0 bridgehead atoms. The van der Waals surface area contributed by atoms with Crippen LogP contribution in [0.1, 0.15) is 38.5 Å². The molecule has 0 radical (unpaired) electrons. The third-order valence-corrected chi connectivity index (χ3v) is 1.57. The zero-order chi connectivity index (χ0) is 7.66. The van der Waals surface area contributed by atoms with E-state index in [1.165, 1.54) is 12.8 Å². The Bertz CT molecular complexity index is 52.1. The Kier molecular flexibility index (Phi) is 18.9. The average molecular weight is 236 g/mol. The summed E-state index contributed by atoms with van der Waals surface area (Å²) in [6, 6.07) is 0. The zero-order valence-electron chi connectivity index (χ0n) is 6.55. The number of rotatable bonds is 7. The average Bonchev–Trinajstić information content (AvgIpc) is 1.97. The van der Waals surface area contributed by atoms with Crippen molar-refractivity contribution in [3.8, 4) is 0 Å². The van der Waals surface area contributed by atoms with Gasteiger partial charge in [-0.3, -0.25) is 0 Å². The predicted molar refractivity (Wildman–Crippen MR) is 50.4 cm³/mol. The molecular weight excluding hydrogens is 216 g/mol. The summed E-state index contributed by atoms with van der Waals surface area (Å²) in [7, 11) is 0. The summed E-state index contributed by atoms with van der Waals surface area (Å²) in [6.45, 7) is 0.639. The Morgan fingerprint density at radius 2 is 0.818 bits per heavy atom. The normalized spacial score (nSPS) is 9.27. The molecule has 0 aromatic rings. The minimum absolute atomic E-state index is 0. The first-order chi connectivity index (χ1) is 4.91. The van der Waals surface area contributed by atoms with Gasteiger partial charge in [0.25, 0.3) is 0 Å². The van der Waals surface area contributed by atoms with Gasteiger partial charge in [0, 0.05) is 13.2 Å². The maximum atomic E-state index is 8.43. The molecule has 2 N–H and O–H groups in total. The van der Waals surface area contributed by atoms with Crippen molar-refractivity contribution in [2.24, 2.45) is 0 Å². The minimum atomic E-state index is 0. The quantitative estimate of drug-likeness (QED) is 0.496. The van der Waals surface area contributed by atoms with Crippen LogP contribution in [0.3, 0.4) is 0 Å². The van der Waals surface area contributed by atoms with E-state index in [4.69, 9.17) is 10.2 Å². The molecule has 0 fully saturated rings. The van der Waals surface area contributed by atoms with Crippen molar-refractivity contribution < 1.29 is 10.2 Å². The van der Waals surface area contributed by atoms with Crippen molar-refractivity contribution >= 4 is 45.5 Å². The SMILES string of the molecule is OCCCCCCCCO.[SrH2]. The Morgan fingerprint density at radius 1 is 0.545 bits per heavy atom. The van der Waals surface area contributed by atoms with Crippen LogP contribution in [0.4, 0.5) is 0 Å². The van der Waals surface area contributed by atoms with Gasteiger partial charge in [0.1, 0.15) is 0 Å². The molecule has 0 amide bonds. The maximum absolute atomic E-state index is 8.43. The van der Waals surface area contributed by atoms with Gasteiger partial charge in [-0.1, -0.05) is 25.7 Å². The fourth-order valence-electron chi connectivity index (χ4n) is 0.931. The number of hydrogen-bond acceptors (Lipinski definition) is 2. The van der Waals surface area contributed by atoms with Crippen molar-refractivity contribution in [1.29, 1.82) is 0 Å². The molecule has 2 nitrogen and oxygen atoms in total. The van der Waals surface area contributed by atoms with Gasteiger partial charge in [0.15, 0.2) is 0 Å². The van der Waals surface area contributed by atoms with Gasteiger partial charge in [-0.25, -0.2) is 0 Å². The second-order valence-electron chi connectivity index (χ2n) is 2.57. The van der Waals surface area contributed by atoms with E-state index < -0.39 is 0 Å². The van der Waals surface area contributed by atoms with E-state index in [9.17, 15) is 0 Å². The molecule has 0 aliphatic heterocycles.